The molecule has 0 fully saturated rings. The number of rotatable bonds is 12. The summed E-state index contributed by atoms with van der Waals surface area (Å²) in [6.45, 7) is 5.95. The third-order valence-corrected chi connectivity index (χ3v) is 6.96. The zero-order valence-corrected chi connectivity index (χ0v) is 22.9. The van der Waals surface area contributed by atoms with Crippen LogP contribution in [0.4, 0.5) is 5.69 Å². The highest BCUT2D eigenvalue weighted by Gasteiger charge is 2.19. The van der Waals surface area contributed by atoms with Gasteiger partial charge in [-0.25, -0.2) is 0 Å². The molecule has 3 aromatic carbocycles. The van der Waals surface area contributed by atoms with Crippen LogP contribution in [0.2, 0.25) is 0 Å². The molecule has 0 saturated carbocycles. The molecule has 0 aliphatic heterocycles. The SMILES string of the molecule is CCN(CCCCN(C)c1ccc(-c2cc(=O)c3c(O)cc(O)c(OC)c3o2)cc1)Cc1ccccc1OC. The van der Waals surface area contributed by atoms with Crippen LogP contribution in [0.3, 0.4) is 0 Å². The number of hydrogen-bond donors (Lipinski definition) is 2. The highest BCUT2D eigenvalue weighted by atomic mass is 16.5. The highest BCUT2D eigenvalue weighted by Crippen LogP contribution is 2.40. The smallest absolute Gasteiger partial charge is 0.204 e. The monoisotopic (exact) mass is 532 g/mol. The molecule has 8 nitrogen and oxygen atoms in total. The van der Waals surface area contributed by atoms with E-state index in [1.165, 1.54) is 18.7 Å². The van der Waals surface area contributed by atoms with Crippen molar-refractivity contribution in [2.24, 2.45) is 0 Å². The number of benzene rings is 3. The molecule has 4 aromatic rings. The Morgan fingerprint density at radius 2 is 1.62 bits per heavy atom. The van der Waals surface area contributed by atoms with E-state index in [1.54, 1.807) is 7.11 Å². The quantitative estimate of drug-likeness (QED) is 0.227. The second-order valence-electron chi connectivity index (χ2n) is 9.48. The largest absolute Gasteiger partial charge is 0.507 e. The van der Waals surface area contributed by atoms with Crippen LogP contribution in [0.25, 0.3) is 22.3 Å². The lowest BCUT2D eigenvalue weighted by Gasteiger charge is -2.23. The van der Waals surface area contributed by atoms with Crippen molar-refractivity contribution in [1.82, 2.24) is 4.90 Å². The topological polar surface area (TPSA) is 95.6 Å². The first kappa shape index (κ1) is 27.9. The predicted octanol–water partition coefficient (Wildman–Crippen LogP) is 5.63. The predicted molar refractivity (Wildman–Crippen MR) is 154 cm³/mol. The van der Waals surface area contributed by atoms with E-state index in [1.807, 2.05) is 42.5 Å². The molecule has 0 aliphatic carbocycles. The van der Waals surface area contributed by atoms with Crippen LogP contribution >= 0.6 is 0 Å². The van der Waals surface area contributed by atoms with E-state index in [4.69, 9.17) is 13.9 Å². The molecule has 0 atom stereocenters. The molecule has 0 unspecified atom stereocenters. The number of aromatic hydroxyl groups is 2. The number of hydrogen-bond acceptors (Lipinski definition) is 8. The van der Waals surface area contributed by atoms with Crippen LogP contribution in [0.15, 0.2) is 69.9 Å². The van der Waals surface area contributed by atoms with Crippen molar-refractivity contribution in [1.29, 1.82) is 0 Å². The van der Waals surface area contributed by atoms with Gasteiger partial charge in [0.15, 0.2) is 16.8 Å². The minimum atomic E-state index is -0.421. The number of phenolic OH excluding ortho intramolecular Hbond substituents is 2. The highest BCUT2D eigenvalue weighted by molar-refractivity contribution is 5.91. The number of methoxy groups -OCH3 is 2. The lowest BCUT2D eigenvalue weighted by Crippen LogP contribution is -2.25. The fourth-order valence-corrected chi connectivity index (χ4v) is 4.74. The Balaban J connectivity index is 1.38. The molecule has 8 heteroatoms. The molecular weight excluding hydrogens is 496 g/mol. The lowest BCUT2D eigenvalue weighted by molar-refractivity contribution is 0.269. The minimum Gasteiger partial charge on any atom is -0.507 e. The van der Waals surface area contributed by atoms with Gasteiger partial charge in [0.25, 0.3) is 0 Å². The molecule has 39 heavy (non-hydrogen) atoms. The standard InChI is InChI=1S/C31H36N2O6/c1-5-33(20-22-10-6-7-11-27(22)37-3)17-9-8-16-32(2)23-14-12-21(13-15-23)28-19-25(35)29-24(34)18-26(36)30(38-4)31(29)39-28/h6-7,10-15,18-19,34,36H,5,8-9,16-17,20H2,1-4H3. The molecule has 2 N–H and O–H groups in total. The maximum atomic E-state index is 12.7. The Hall–Kier alpha value is -4.17. The molecule has 0 spiro atoms. The first-order valence-corrected chi connectivity index (χ1v) is 13.1. The van der Waals surface area contributed by atoms with Gasteiger partial charge >= 0.3 is 0 Å². The average molecular weight is 533 g/mol. The van der Waals surface area contributed by atoms with Gasteiger partial charge < -0.3 is 29.0 Å². The Morgan fingerprint density at radius 1 is 0.897 bits per heavy atom. The van der Waals surface area contributed by atoms with E-state index >= 15 is 0 Å². The Morgan fingerprint density at radius 3 is 2.31 bits per heavy atom. The molecule has 4 rings (SSSR count). The second kappa shape index (κ2) is 12.6. The zero-order chi connectivity index (χ0) is 27.9. The van der Waals surface area contributed by atoms with Gasteiger partial charge in [-0.3, -0.25) is 9.69 Å². The summed E-state index contributed by atoms with van der Waals surface area (Å²) in [5.74, 6) is 0.587. The molecular formula is C31H36N2O6. The van der Waals surface area contributed by atoms with E-state index in [9.17, 15) is 15.0 Å². The van der Waals surface area contributed by atoms with Gasteiger partial charge in [-0.15, -0.1) is 0 Å². The molecule has 1 heterocycles. The van der Waals surface area contributed by atoms with Crippen molar-refractivity contribution >= 4 is 16.7 Å². The normalized spacial score (nSPS) is 11.2. The van der Waals surface area contributed by atoms with E-state index in [-0.39, 0.29) is 28.2 Å². The van der Waals surface area contributed by atoms with Crippen LogP contribution in [0.5, 0.6) is 23.0 Å². The van der Waals surface area contributed by atoms with Gasteiger partial charge in [-0.2, -0.15) is 0 Å². The van der Waals surface area contributed by atoms with Crippen LogP contribution in [-0.2, 0) is 6.54 Å². The van der Waals surface area contributed by atoms with Crippen molar-refractivity contribution in [3.8, 4) is 34.3 Å². The van der Waals surface area contributed by atoms with Crippen LogP contribution in [-0.4, -0.2) is 56.0 Å². The third-order valence-electron chi connectivity index (χ3n) is 6.96. The Labute approximate surface area is 228 Å². The van der Waals surface area contributed by atoms with Gasteiger partial charge in [0.2, 0.25) is 5.75 Å². The second-order valence-corrected chi connectivity index (χ2v) is 9.48. The summed E-state index contributed by atoms with van der Waals surface area (Å²) in [5, 5.41) is 20.2. The van der Waals surface area contributed by atoms with Crippen LogP contribution in [0, 0.1) is 0 Å². The summed E-state index contributed by atoms with van der Waals surface area (Å²) in [4.78, 5) is 17.4. The van der Waals surface area contributed by atoms with Crippen molar-refractivity contribution < 1.29 is 24.1 Å². The number of phenols is 2. The van der Waals surface area contributed by atoms with E-state index in [0.29, 0.717) is 11.3 Å². The van der Waals surface area contributed by atoms with Gasteiger partial charge in [-0.05, 0) is 56.3 Å². The van der Waals surface area contributed by atoms with Crippen molar-refractivity contribution in [3.05, 3.63) is 76.5 Å². The Bertz CT molecular complexity index is 1460. The molecule has 1 aromatic heterocycles. The summed E-state index contributed by atoms with van der Waals surface area (Å²) in [6, 6.07) is 18.3. The number of nitrogens with zero attached hydrogens (tertiary/aromatic N) is 2. The summed E-state index contributed by atoms with van der Waals surface area (Å²) < 4.78 is 16.6. The number of para-hydroxylation sites is 1. The maximum absolute atomic E-state index is 12.7. The first-order chi connectivity index (χ1) is 18.9. The van der Waals surface area contributed by atoms with E-state index in [2.05, 4.69) is 29.8 Å². The molecule has 0 aliphatic rings. The van der Waals surface area contributed by atoms with E-state index < -0.39 is 5.43 Å². The van der Waals surface area contributed by atoms with Gasteiger partial charge in [0.05, 0.1) is 14.2 Å². The molecule has 206 valence electrons. The number of unbranched alkanes of at least 4 members (excludes halogenated alkanes) is 1. The van der Waals surface area contributed by atoms with E-state index in [0.717, 1.165) is 56.5 Å². The lowest BCUT2D eigenvalue weighted by atomic mass is 10.1. The summed E-state index contributed by atoms with van der Waals surface area (Å²) in [7, 11) is 5.14. The van der Waals surface area contributed by atoms with Gasteiger partial charge in [0.1, 0.15) is 22.6 Å². The molecule has 0 bridgehead atoms. The van der Waals surface area contributed by atoms with Gasteiger partial charge in [0, 0.05) is 49.1 Å². The fraction of sp³-hybridized carbons (Fsp3) is 0.323. The fourth-order valence-electron chi connectivity index (χ4n) is 4.74. The molecule has 0 amide bonds. The van der Waals surface area contributed by atoms with Crippen LogP contribution in [0.1, 0.15) is 25.3 Å². The summed E-state index contributed by atoms with van der Waals surface area (Å²) >= 11 is 0. The van der Waals surface area contributed by atoms with Crippen molar-refractivity contribution in [2.75, 3.05) is 45.8 Å². The first-order valence-electron chi connectivity index (χ1n) is 13.1. The summed E-state index contributed by atoms with van der Waals surface area (Å²) in [5.41, 5.74) is 2.54. The molecule has 0 radical (unpaired) electrons. The van der Waals surface area contributed by atoms with Crippen molar-refractivity contribution in [3.63, 3.8) is 0 Å². The third kappa shape index (κ3) is 6.29. The van der Waals surface area contributed by atoms with Gasteiger partial charge in [-0.1, -0.05) is 25.1 Å². The maximum Gasteiger partial charge on any atom is 0.204 e. The Kier molecular flexibility index (Phi) is 8.99. The number of anilines is 1. The number of fused-ring (bicyclic) bond motifs is 1. The minimum absolute atomic E-state index is 0.00245. The molecule has 0 saturated heterocycles. The summed E-state index contributed by atoms with van der Waals surface area (Å²) in [6.07, 6.45) is 2.13. The average Bonchev–Trinajstić information content (AvgIpc) is 2.94. The number of ether oxygens (including phenoxy) is 2. The van der Waals surface area contributed by atoms with Crippen LogP contribution < -0.4 is 19.8 Å². The van der Waals surface area contributed by atoms with Crippen molar-refractivity contribution in [2.45, 2.75) is 26.3 Å². The zero-order valence-electron chi connectivity index (χ0n) is 22.9.